The molecule has 1 heterocycles. The van der Waals surface area contributed by atoms with Crippen molar-refractivity contribution in [1.82, 2.24) is 0 Å². The van der Waals surface area contributed by atoms with E-state index in [0.717, 1.165) is 44.9 Å². The largest absolute Gasteiger partial charge is 0.461 e. The van der Waals surface area contributed by atoms with Gasteiger partial charge in [-0.15, -0.1) is 11.6 Å². The first-order valence-corrected chi connectivity index (χ1v) is 15.7. The number of carbonyl (C=O) groups excluding carboxylic acids is 1. The van der Waals surface area contributed by atoms with Crippen LogP contribution in [0.25, 0.3) is 0 Å². The van der Waals surface area contributed by atoms with E-state index in [9.17, 15) is 9.90 Å². The molecule has 1 saturated heterocycles. The van der Waals surface area contributed by atoms with E-state index in [-0.39, 0.29) is 56.9 Å². The fourth-order valence-electron chi connectivity index (χ4n) is 11.7. The van der Waals surface area contributed by atoms with Gasteiger partial charge in [-0.05, 0) is 125 Å². The molecule has 5 aliphatic rings. The molecule has 1 aliphatic heterocycles. The van der Waals surface area contributed by atoms with Crippen LogP contribution in [0.2, 0.25) is 0 Å². The van der Waals surface area contributed by atoms with Crippen LogP contribution in [-0.4, -0.2) is 40.4 Å². The summed E-state index contributed by atoms with van der Waals surface area (Å²) in [5.41, 5.74) is 0.0797. The van der Waals surface area contributed by atoms with Crippen molar-refractivity contribution in [1.29, 1.82) is 0 Å². The fraction of sp³-hybridized carbons (Fsp3) is 0.969. The Morgan fingerprint density at radius 3 is 2.22 bits per heavy atom. The maximum Gasteiger partial charge on any atom is 0.321 e. The summed E-state index contributed by atoms with van der Waals surface area (Å²) in [5, 5.41) is 12.0. The van der Waals surface area contributed by atoms with Crippen LogP contribution in [0.1, 0.15) is 120 Å². The fourth-order valence-corrected chi connectivity index (χ4v) is 11.7. The monoisotopic (exact) mass is 536 g/mol. The molecule has 4 saturated carbocycles. The van der Waals surface area contributed by atoms with Crippen molar-refractivity contribution in [2.45, 2.75) is 143 Å². The Bertz CT molecular complexity index is 916. The molecule has 5 fully saturated rings. The molecule has 0 spiro atoms. The summed E-state index contributed by atoms with van der Waals surface area (Å²) in [5.74, 6) is 1.26. The Morgan fingerprint density at radius 2 is 1.57 bits per heavy atom. The third-order valence-corrected chi connectivity index (χ3v) is 13.7. The predicted molar refractivity (Wildman–Crippen MR) is 148 cm³/mol. The van der Waals surface area contributed by atoms with Crippen LogP contribution in [0.3, 0.4) is 0 Å². The van der Waals surface area contributed by atoms with E-state index in [4.69, 9.17) is 21.1 Å². The molecule has 0 bridgehead atoms. The summed E-state index contributed by atoms with van der Waals surface area (Å²) in [4.78, 5) is 12.1. The molecule has 5 heteroatoms. The van der Waals surface area contributed by atoms with Crippen LogP contribution in [0.4, 0.5) is 0 Å². The number of hydrogen-bond donors (Lipinski definition) is 1. The lowest BCUT2D eigenvalue weighted by Crippen LogP contribution is -2.67. The van der Waals surface area contributed by atoms with Crippen LogP contribution in [0.5, 0.6) is 0 Å². The minimum Gasteiger partial charge on any atom is -0.461 e. The summed E-state index contributed by atoms with van der Waals surface area (Å²) in [6.07, 6.45) is 10.6. The van der Waals surface area contributed by atoms with Gasteiger partial charge in [0.15, 0.2) is 0 Å². The number of aliphatic hydroxyl groups is 1. The maximum absolute atomic E-state index is 12.1. The lowest BCUT2D eigenvalue weighted by molar-refractivity contribution is -0.258. The normalized spacial score (nSPS) is 52.5. The summed E-state index contributed by atoms with van der Waals surface area (Å²) in [6, 6.07) is 0. The summed E-state index contributed by atoms with van der Waals surface area (Å²) in [7, 11) is 0. The number of fused-ring (bicyclic) bond motifs is 5. The third-order valence-electron chi connectivity index (χ3n) is 13.5. The average molecular weight is 537 g/mol. The first kappa shape index (κ1) is 28.2. The zero-order valence-corrected chi connectivity index (χ0v) is 25.5. The number of halogens is 1. The third kappa shape index (κ3) is 3.99. The molecule has 212 valence electrons. The Morgan fingerprint density at radius 1 is 0.892 bits per heavy atom. The van der Waals surface area contributed by atoms with Gasteiger partial charge in [-0.2, -0.15) is 0 Å². The van der Waals surface area contributed by atoms with Crippen molar-refractivity contribution in [3.05, 3.63) is 0 Å². The summed E-state index contributed by atoms with van der Waals surface area (Å²) in [6.45, 7) is 19.1. The number of alkyl halides is 1. The first-order chi connectivity index (χ1) is 17.0. The number of ether oxygens (including phenoxy) is 2. The number of hydrogen-bond acceptors (Lipinski definition) is 4. The lowest BCUT2D eigenvalue weighted by Gasteiger charge is -2.70. The topological polar surface area (TPSA) is 55.8 Å². The van der Waals surface area contributed by atoms with Crippen molar-refractivity contribution in [3.8, 4) is 0 Å². The Balaban J connectivity index is 1.46. The molecule has 0 amide bonds. The van der Waals surface area contributed by atoms with Gasteiger partial charge in [0, 0.05) is 5.41 Å². The molecule has 0 aromatic carbocycles. The minimum absolute atomic E-state index is 0.0812. The van der Waals surface area contributed by atoms with Crippen molar-refractivity contribution in [2.24, 2.45) is 45.3 Å². The Kier molecular flexibility index (Phi) is 6.74. The minimum atomic E-state index is -0.300. The number of aliphatic hydroxyl groups excluding tert-OH is 1. The molecule has 4 nitrogen and oxygen atoms in total. The zero-order valence-electron chi connectivity index (χ0n) is 24.8. The van der Waals surface area contributed by atoms with Crippen molar-refractivity contribution >= 4 is 17.6 Å². The van der Waals surface area contributed by atoms with E-state index >= 15 is 0 Å². The molecule has 4 aliphatic carbocycles. The van der Waals surface area contributed by atoms with Gasteiger partial charge >= 0.3 is 5.97 Å². The van der Waals surface area contributed by atoms with Gasteiger partial charge < -0.3 is 14.6 Å². The highest BCUT2D eigenvalue weighted by molar-refractivity contribution is 6.26. The number of esters is 1. The highest BCUT2D eigenvalue weighted by Crippen LogP contribution is 2.76. The second-order valence-corrected chi connectivity index (χ2v) is 16.2. The smallest absolute Gasteiger partial charge is 0.321 e. The average Bonchev–Trinajstić information content (AvgIpc) is 3.17. The van der Waals surface area contributed by atoms with Gasteiger partial charge in [-0.3, -0.25) is 4.79 Å². The van der Waals surface area contributed by atoms with E-state index in [0.29, 0.717) is 23.7 Å². The molecule has 37 heavy (non-hydrogen) atoms. The molecule has 0 aromatic rings. The maximum atomic E-state index is 12.1. The quantitative estimate of drug-likeness (QED) is 0.299. The van der Waals surface area contributed by atoms with E-state index in [2.05, 4.69) is 55.4 Å². The standard InChI is InChI=1S/C32H53ClO4/c1-27(2)13-9-14-32(8,37-27)20-10-16-31(7)26(20)21(34)18-23-29(5)15-12-24(36-25(35)19-33)28(3,4)22(29)11-17-30(23,31)6/h20-24,26,34H,9-19H2,1-8H3/t20-,21+,22-,23+,24-,26-,29-,30+,31+,32-/m0/s1. The van der Waals surface area contributed by atoms with E-state index < -0.39 is 0 Å². The summed E-state index contributed by atoms with van der Waals surface area (Å²) >= 11 is 5.80. The van der Waals surface area contributed by atoms with Gasteiger partial charge in [-0.25, -0.2) is 0 Å². The van der Waals surface area contributed by atoms with Gasteiger partial charge in [0.25, 0.3) is 0 Å². The van der Waals surface area contributed by atoms with Gasteiger partial charge in [0.05, 0.1) is 17.3 Å². The summed E-state index contributed by atoms with van der Waals surface area (Å²) < 4.78 is 12.8. The highest BCUT2D eigenvalue weighted by atomic mass is 35.5. The Hall–Kier alpha value is -0.320. The molecule has 0 unspecified atom stereocenters. The zero-order chi connectivity index (χ0) is 27.2. The molecular formula is C32H53ClO4. The van der Waals surface area contributed by atoms with Crippen LogP contribution >= 0.6 is 11.6 Å². The van der Waals surface area contributed by atoms with Crippen LogP contribution in [-0.2, 0) is 14.3 Å². The molecule has 10 atom stereocenters. The molecule has 0 radical (unpaired) electrons. The van der Waals surface area contributed by atoms with Crippen LogP contribution < -0.4 is 0 Å². The molecule has 5 rings (SSSR count). The van der Waals surface area contributed by atoms with Crippen LogP contribution in [0.15, 0.2) is 0 Å². The number of rotatable bonds is 3. The highest BCUT2D eigenvalue weighted by Gasteiger charge is 2.72. The van der Waals surface area contributed by atoms with Crippen molar-refractivity contribution in [2.75, 3.05) is 5.88 Å². The SMILES string of the molecule is CC1(C)CCC[C@@](C)([C@H]2CC[C@]3(C)[C@@H]2[C@H](O)C[C@@H]2[C@@]4(C)CC[C@H](OC(=O)CCl)C(C)(C)[C@@H]4CC[C@]23C)O1. The van der Waals surface area contributed by atoms with Gasteiger partial charge in [0.2, 0.25) is 0 Å². The first-order valence-electron chi connectivity index (χ1n) is 15.2. The van der Waals surface area contributed by atoms with Crippen molar-refractivity contribution < 1.29 is 19.4 Å². The molecule has 1 N–H and O–H groups in total. The number of carbonyl (C=O) groups is 1. The lowest BCUT2D eigenvalue weighted by atomic mass is 9.35. The second-order valence-electron chi connectivity index (χ2n) is 16.0. The Labute approximate surface area is 231 Å². The molecular weight excluding hydrogens is 484 g/mol. The van der Waals surface area contributed by atoms with E-state index in [1.165, 1.54) is 19.3 Å². The van der Waals surface area contributed by atoms with Crippen LogP contribution in [0, 0.1) is 45.3 Å². The predicted octanol–water partition coefficient (Wildman–Crippen LogP) is 7.53. The van der Waals surface area contributed by atoms with Gasteiger partial charge in [0.1, 0.15) is 12.0 Å². The molecule has 0 aromatic heterocycles. The van der Waals surface area contributed by atoms with Crippen molar-refractivity contribution in [3.63, 3.8) is 0 Å². The van der Waals surface area contributed by atoms with E-state index in [1.54, 1.807) is 0 Å². The second kappa shape index (κ2) is 8.84. The van der Waals surface area contributed by atoms with Gasteiger partial charge in [-0.1, -0.05) is 34.6 Å². The van der Waals surface area contributed by atoms with E-state index in [1.807, 2.05) is 0 Å².